The molecule has 3 aromatic carbocycles. The van der Waals surface area contributed by atoms with Gasteiger partial charge in [-0.05, 0) is 66.4 Å². The van der Waals surface area contributed by atoms with Crippen molar-refractivity contribution in [2.45, 2.75) is 20.3 Å². The molecule has 1 heterocycles. The number of thiazole rings is 1. The number of aromatic nitrogens is 1. The van der Waals surface area contributed by atoms with Crippen LogP contribution >= 0.6 is 11.3 Å². The van der Waals surface area contributed by atoms with Crippen LogP contribution in [0.2, 0.25) is 0 Å². The highest BCUT2D eigenvalue weighted by Crippen LogP contribution is 2.38. The molecule has 39 heavy (non-hydrogen) atoms. The predicted octanol–water partition coefficient (Wildman–Crippen LogP) is 6.11. The van der Waals surface area contributed by atoms with Gasteiger partial charge in [0, 0.05) is 5.56 Å². The summed E-state index contributed by atoms with van der Waals surface area (Å²) >= 11 is 1.42. The number of benzene rings is 3. The second-order valence-corrected chi connectivity index (χ2v) is 9.68. The molecule has 4 aromatic rings. The van der Waals surface area contributed by atoms with Gasteiger partial charge in [0.25, 0.3) is 5.91 Å². The van der Waals surface area contributed by atoms with Crippen LogP contribution in [0.4, 0.5) is 5.13 Å². The van der Waals surface area contributed by atoms with Crippen LogP contribution in [0.5, 0.6) is 23.0 Å². The summed E-state index contributed by atoms with van der Waals surface area (Å²) in [6.45, 7) is 3.81. The van der Waals surface area contributed by atoms with Crippen LogP contribution in [0.15, 0.2) is 54.6 Å². The molecule has 0 atom stereocenters. The molecule has 9 heteroatoms. The van der Waals surface area contributed by atoms with Crippen LogP contribution in [0.25, 0.3) is 16.3 Å². The minimum Gasteiger partial charge on any atom is -0.493 e. The molecule has 0 fully saturated rings. The van der Waals surface area contributed by atoms with E-state index in [1.165, 1.54) is 44.3 Å². The molecular formula is C30H30N2O6S. The third-order valence-electron chi connectivity index (χ3n) is 6.05. The number of ketones is 1. The Morgan fingerprint density at radius 3 is 2.36 bits per heavy atom. The van der Waals surface area contributed by atoms with Crippen LogP contribution in [-0.4, -0.2) is 44.6 Å². The van der Waals surface area contributed by atoms with Gasteiger partial charge in [0.05, 0.1) is 31.5 Å². The number of amides is 1. The molecule has 1 N–H and O–H groups in total. The maximum Gasteiger partial charge on any atom is 0.264 e. The van der Waals surface area contributed by atoms with Crippen LogP contribution in [0, 0.1) is 6.92 Å². The highest BCUT2D eigenvalue weighted by atomic mass is 32.1. The SMILES string of the molecule is CCc1ccc2sc(NC(=O)COc3cc(/C=C/C(=O)c4cc(OC)c(OC)c(OC)c4)ccc3C)nc2c1. The summed E-state index contributed by atoms with van der Waals surface area (Å²) < 4.78 is 22.8. The summed E-state index contributed by atoms with van der Waals surface area (Å²) in [6.07, 6.45) is 4.07. The van der Waals surface area contributed by atoms with Crippen molar-refractivity contribution in [3.63, 3.8) is 0 Å². The Labute approximate surface area is 231 Å². The number of anilines is 1. The first-order chi connectivity index (χ1) is 18.8. The number of rotatable bonds is 11. The molecule has 1 aromatic heterocycles. The number of hydrogen-bond acceptors (Lipinski definition) is 8. The largest absolute Gasteiger partial charge is 0.493 e. The lowest BCUT2D eigenvalue weighted by Crippen LogP contribution is -2.20. The number of allylic oxidation sites excluding steroid dienone is 1. The van der Waals surface area contributed by atoms with Crippen molar-refractivity contribution < 1.29 is 28.5 Å². The fourth-order valence-electron chi connectivity index (χ4n) is 3.91. The molecule has 0 bridgehead atoms. The van der Waals surface area contributed by atoms with E-state index < -0.39 is 0 Å². The quantitative estimate of drug-likeness (QED) is 0.179. The van der Waals surface area contributed by atoms with Crippen molar-refractivity contribution in [1.29, 1.82) is 0 Å². The first-order valence-electron chi connectivity index (χ1n) is 12.3. The molecule has 202 valence electrons. The zero-order valence-electron chi connectivity index (χ0n) is 22.5. The summed E-state index contributed by atoms with van der Waals surface area (Å²) in [7, 11) is 4.50. The Morgan fingerprint density at radius 1 is 0.949 bits per heavy atom. The van der Waals surface area contributed by atoms with Crippen molar-refractivity contribution >= 4 is 44.5 Å². The number of ether oxygens (including phenoxy) is 4. The van der Waals surface area contributed by atoms with Gasteiger partial charge in [-0.1, -0.05) is 42.5 Å². The maximum absolute atomic E-state index is 12.9. The van der Waals surface area contributed by atoms with E-state index >= 15 is 0 Å². The van der Waals surface area contributed by atoms with Crippen molar-refractivity contribution in [2.24, 2.45) is 0 Å². The van der Waals surface area contributed by atoms with Crippen molar-refractivity contribution in [2.75, 3.05) is 33.3 Å². The fraction of sp³-hybridized carbons (Fsp3) is 0.233. The zero-order valence-corrected chi connectivity index (χ0v) is 23.3. The van der Waals surface area contributed by atoms with Gasteiger partial charge in [0.1, 0.15) is 5.75 Å². The van der Waals surface area contributed by atoms with Crippen molar-refractivity contribution in [3.8, 4) is 23.0 Å². The van der Waals surface area contributed by atoms with Crippen molar-refractivity contribution in [1.82, 2.24) is 4.98 Å². The number of aryl methyl sites for hydroxylation is 2. The Balaban J connectivity index is 1.41. The summed E-state index contributed by atoms with van der Waals surface area (Å²) in [5.74, 6) is 1.22. The van der Waals surface area contributed by atoms with Crippen LogP contribution in [-0.2, 0) is 11.2 Å². The molecule has 0 aliphatic rings. The van der Waals surface area contributed by atoms with E-state index in [1.807, 2.05) is 31.2 Å². The van der Waals surface area contributed by atoms with Gasteiger partial charge in [-0.2, -0.15) is 0 Å². The van der Waals surface area contributed by atoms with E-state index in [4.69, 9.17) is 18.9 Å². The lowest BCUT2D eigenvalue weighted by molar-refractivity contribution is -0.118. The Hall–Kier alpha value is -4.37. The molecule has 0 spiro atoms. The molecule has 8 nitrogen and oxygen atoms in total. The monoisotopic (exact) mass is 546 g/mol. The summed E-state index contributed by atoms with van der Waals surface area (Å²) in [6, 6.07) is 14.8. The Kier molecular flexibility index (Phi) is 8.83. The number of nitrogens with one attached hydrogen (secondary N) is 1. The molecule has 0 saturated carbocycles. The summed E-state index contributed by atoms with van der Waals surface area (Å²) in [5.41, 5.74) is 4.06. The normalized spacial score (nSPS) is 11.0. The van der Waals surface area contributed by atoms with E-state index in [1.54, 1.807) is 24.3 Å². The number of methoxy groups -OCH3 is 3. The lowest BCUT2D eigenvalue weighted by Gasteiger charge is -2.13. The summed E-state index contributed by atoms with van der Waals surface area (Å²) in [5, 5.41) is 3.35. The molecule has 0 saturated heterocycles. The molecule has 4 rings (SSSR count). The average Bonchev–Trinajstić information content (AvgIpc) is 3.36. The molecule has 0 aliphatic carbocycles. The van der Waals surface area contributed by atoms with E-state index in [-0.39, 0.29) is 18.3 Å². The standard InChI is InChI=1S/C30H30N2O6S/c1-6-19-10-12-27-22(13-19)31-30(39-27)32-28(34)17-38-24-14-20(8-7-18(24)2)9-11-23(33)21-15-25(35-3)29(37-5)26(16-21)36-4/h7-16H,6,17H2,1-5H3,(H,31,32,34)/b11-9+. The highest BCUT2D eigenvalue weighted by molar-refractivity contribution is 7.22. The highest BCUT2D eigenvalue weighted by Gasteiger charge is 2.16. The molecular weight excluding hydrogens is 516 g/mol. The van der Waals surface area contributed by atoms with Crippen LogP contribution in [0.1, 0.15) is 34.0 Å². The predicted molar refractivity (Wildman–Crippen MR) is 154 cm³/mol. The molecule has 1 amide bonds. The van der Waals surface area contributed by atoms with E-state index in [0.717, 1.165) is 27.8 Å². The third kappa shape index (κ3) is 6.56. The maximum atomic E-state index is 12.9. The van der Waals surface area contributed by atoms with Gasteiger partial charge >= 0.3 is 0 Å². The number of carbonyl (C=O) groups is 2. The van der Waals surface area contributed by atoms with Gasteiger partial charge in [0.2, 0.25) is 5.75 Å². The lowest BCUT2D eigenvalue weighted by atomic mass is 10.1. The topological polar surface area (TPSA) is 96.0 Å². The van der Waals surface area contributed by atoms with Gasteiger partial charge < -0.3 is 18.9 Å². The minimum atomic E-state index is -0.303. The van der Waals surface area contributed by atoms with Crippen LogP contribution < -0.4 is 24.3 Å². The first kappa shape index (κ1) is 27.7. The van der Waals surface area contributed by atoms with E-state index in [9.17, 15) is 9.59 Å². The molecule has 0 unspecified atom stereocenters. The average molecular weight is 547 g/mol. The Bertz CT molecular complexity index is 1520. The number of hydrogen-bond donors (Lipinski definition) is 1. The number of fused-ring (bicyclic) bond motifs is 1. The fourth-order valence-corrected chi connectivity index (χ4v) is 4.77. The summed E-state index contributed by atoms with van der Waals surface area (Å²) in [4.78, 5) is 29.9. The van der Waals surface area contributed by atoms with E-state index in [0.29, 0.717) is 33.7 Å². The number of carbonyl (C=O) groups excluding carboxylic acids is 2. The molecule has 0 radical (unpaired) electrons. The minimum absolute atomic E-state index is 0.172. The van der Waals surface area contributed by atoms with Gasteiger partial charge in [-0.15, -0.1) is 0 Å². The zero-order chi connectivity index (χ0) is 27.9. The third-order valence-corrected chi connectivity index (χ3v) is 7.01. The van der Waals surface area contributed by atoms with Gasteiger partial charge in [0.15, 0.2) is 29.0 Å². The van der Waals surface area contributed by atoms with Crippen molar-refractivity contribution in [3.05, 3.63) is 76.9 Å². The molecule has 0 aliphatic heterocycles. The smallest absolute Gasteiger partial charge is 0.264 e. The Morgan fingerprint density at radius 2 is 1.69 bits per heavy atom. The van der Waals surface area contributed by atoms with Crippen LogP contribution in [0.3, 0.4) is 0 Å². The van der Waals surface area contributed by atoms with E-state index in [2.05, 4.69) is 23.3 Å². The number of nitrogens with zero attached hydrogens (tertiary/aromatic N) is 1. The second-order valence-electron chi connectivity index (χ2n) is 8.65. The first-order valence-corrected chi connectivity index (χ1v) is 13.1. The van der Waals surface area contributed by atoms with Gasteiger partial charge in [-0.3, -0.25) is 14.9 Å². The van der Waals surface area contributed by atoms with Gasteiger partial charge in [-0.25, -0.2) is 4.98 Å². The second kappa shape index (κ2) is 12.4.